The molecule has 4 rings (SSSR count). The lowest BCUT2D eigenvalue weighted by Crippen LogP contribution is -2.46. The van der Waals surface area contributed by atoms with Crippen LogP contribution in [-0.4, -0.2) is 39.9 Å². The van der Waals surface area contributed by atoms with Crippen molar-refractivity contribution >= 4 is 11.9 Å². The third-order valence-corrected chi connectivity index (χ3v) is 5.17. The zero-order valence-corrected chi connectivity index (χ0v) is 14.5. The van der Waals surface area contributed by atoms with Crippen molar-refractivity contribution in [2.45, 2.75) is 44.7 Å². The number of furan rings is 1. The molecular formula is C19H24N4O2. The number of nitrogens with zero attached hydrogens (tertiary/aromatic N) is 4. The molecule has 3 heterocycles. The third kappa shape index (κ3) is 3.38. The van der Waals surface area contributed by atoms with E-state index in [0.29, 0.717) is 12.6 Å². The van der Waals surface area contributed by atoms with Crippen LogP contribution in [-0.2, 0) is 4.79 Å². The summed E-state index contributed by atoms with van der Waals surface area (Å²) < 4.78 is 5.56. The number of carbonyl (C=O) groups excluding carboxylic acids is 1. The molecule has 0 N–H and O–H groups in total. The Kier molecular flexibility index (Phi) is 4.42. The van der Waals surface area contributed by atoms with Gasteiger partial charge in [0.05, 0.1) is 18.2 Å². The van der Waals surface area contributed by atoms with Gasteiger partial charge in [-0.1, -0.05) is 0 Å². The molecule has 1 aliphatic heterocycles. The first kappa shape index (κ1) is 16.1. The predicted octanol–water partition coefficient (Wildman–Crippen LogP) is 3.04. The lowest BCUT2D eigenvalue weighted by molar-refractivity contribution is -0.139. The minimum absolute atomic E-state index is 0.00410. The number of aromatic nitrogens is 2. The topological polar surface area (TPSA) is 62.5 Å². The Labute approximate surface area is 147 Å². The number of amides is 1. The zero-order chi connectivity index (χ0) is 17.2. The van der Waals surface area contributed by atoms with Crippen molar-refractivity contribution < 1.29 is 9.21 Å². The molecule has 0 radical (unpaired) electrons. The lowest BCUT2D eigenvalue weighted by Gasteiger charge is -2.37. The van der Waals surface area contributed by atoms with Crippen LogP contribution in [0.1, 0.15) is 44.4 Å². The van der Waals surface area contributed by atoms with Crippen LogP contribution < -0.4 is 4.90 Å². The molecule has 0 aromatic carbocycles. The fourth-order valence-corrected chi connectivity index (χ4v) is 3.73. The van der Waals surface area contributed by atoms with Crippen molar-refractivity contribution in [3.05, 3.63) is 42.6 Å². The fourth-order valence-electron chi connectivity index (χ4n) is 3.73. The second-order valence-corrected chi connectivity index (χ2v) is 7.00. The largest absolute Gasteiger partial charge is 0.467 e. The highest BCUT2D eigenvalue weighted by Crippen LogP contribution is 2.37. The highest BCUT2D eigenvalue weighted by molar-refractivity contribution is 5.80. The van der Waals surface area contributed by atoms with Crippen molar-refractivity contribution in [1.29, 1.82) is 0 Å². The molecule has 1 saturated carbocycles. The highest BCUT2D eigenvalue weighted by Gasteiger charge is 2.41. The Morgan fingerprint density at radius 3 is 2.76 bits per heavy atom. The van der Waals surface area contributed by atoms with E-state index in [0.717, 1.165) is 43.9 Å². The van der Waals surface area contributed by atoms with Gasteiger partial charge in [-0.3, -0.25) is 4.79 Å². The maximum Gasteiger partial charge on any atom is 0.228 e. The highest BCUT2D eigenvalue weighted by atomic mass is 16.3. The molecule has 25 heavy (non-hydrogen) atoms. The molecule has 132 valence electrons. The van der Waals surface area contributed by atoms with Crippen molar-refractivity contribution in [3.8, 4) is 0 Å². The van der Waals surface area contributed by atoms with E-state index < -0.39 is 0 Å². The van der Waals surface area contributed by atoms with Crippen LogP contribution in [0.3, 0.4) is 0 Å². The molecule has 2 fully saturated rings. The van der Waals surface area contributed by atoms with Gasteiger partial charge in [0, 0.05) is 31.5 Å². The molecule has 6 heteroatoms. The number of hydrogen-bond acceptors (Lipinski definition) is 5. The van der Waals surface area contributed by atoms with Gasteiger partial charge in [-0.2, -0.15) is 0 Å². The number of hydrogen-bond donors (Lipinski definition) is 0. The number of rotatable bonds is 5. The average molecular weight is 340 g/mol. The fraction of sp³-hybridized carbons (Fsp3) is 0.526. The first-order valence-electron chi connectivity index (χ1n) is 9.11. The van der Waals surface area contributed by atoms with Crippen LogP contribution in [0.5, 0.6) is 0 Å². The lowest BCUT2D eigenvalue weighted by atomic mass is 9.95. The molecular weight excluding hydrogens is 316 g/mol. The number of piperidine rings is 1. The predicted molar refractivity (Wildman–Crippen MR) is 94.0 cm³/mol. The third-order valence-electron chi connectivity index (χ3n) is 5.17. The Morgan fingerprint density at radius 2 is 2.08 bits per heavy atom. The van der Waals surface area contributed by atoms with Gasteiger partial charge in [0.15, 0.2) is 0 Å². The van der Waals surface area contributed by atoms with E-state index in [1.165, 1.54) is 0 Å². The number of anilines is 1. The first-order valence-corrected chi connectivity index (χ1v) is 9.11. The molecule has 2 aromatic heterocycles. The average Bonchev–Trinajstić information content (AvgIpc) is 3.34. The van der Waals surface area contributed by atoms with Crippen LogP contribution in [0.25, 0.3) is 0 Å². The van der Waals surface area contributed by atoms with Gasteiger partial charge in [-0.15, -0.1) is 0 Å². The molecule has 1 aliphatic carbocycles. The van der Waals surface area contributed by atoms with Crippen molar-refractivity contribution in [2.75, 3.05) is 18.0 Å². The van der Waals surface area contributed by atoms with Crippen molar-refractivity contribution in [1.82, 2.24) is 14.9 Å². The summed E-state index contributed by atoms with van der Waals surface area (Å²) in [7, 11) is 0. The van der Waals surface area contributed by atoms with Gasteiger partial charge in [-0.05, 0) is 50.8 Å². The van der Waals surface area contributed by atoms with Crippen LogP contribution in [0.4, 0.5) is 5.95 Å². The smallest absolute Gasteiger partial charge is 0.228 e. The summed E-state index contributed by atoms with van der Waals surface area (Å²) in [6, 6.07) is 6.00. The van der Waals surface area contributed by atoms with Crippen LogP contribution in [0, 0.1) is 5.92 Å². The minimum atomic E-state index is -0.0154. The van der Waals surface area contributed by atoms with E-state index in [-0.39, 0.29) is 17.9 Å². The zero-order valence-electron chi connectivity index (χ0n) is 14.5. The van der Waals surface area contributed by atoms with E-state index in [9.17, 15) is 4.79 Å². The second-order valence-electron chi connectivity index (χ2n) is 7.00. The van der Waals surface area contributed by atoms with Crippen LogP contribution in [0.15, 0.2) is 41.3 Å². The molecule has 2 aliphatic rings. The molecule has 0 bridgehead atoms. The summed E-state index contributed by atoms with van der Waals surface area (Å²) in [6.45, 7) is 3.66. The minimum Gasteiger partial charge on any atom is -0.467 e. The van der Waals surface area contributed by atoms with Gasteiger partial charge in [0.25, 0.3) is 0 Å². The van der Waals surface area contributed by atoms with Crippen LogP contribution in [0.2, 0.25) is 0 Å². The van der Waals surface area contributed by atoms with E-state index >= 15 is 0 Å². The summed E-state index contributed by atoms with van der Waals surface area (Å²) in [4.78, 5) is 26.2. The first-order chi connectivity index (χ1) is 12.2. The van der Waals surface area contributed by atoms with Gasteiger partial charge in [0.1, 0.15) is 5.76 Å². The summed E-state index contributed by atoms with van der Waals surface area (Å²) in [5, 5.41) is 0. The quantitative estimate of drug-likeness (QED) is 0.837. The Balaban J connectivity index is 1.50. The van der Waals surface area contributed by atoms with E-state index in [1.54, 1.807) is 18.7 Å². The molecule has 1 amide bonds. The standard InChI is InChI=1S/C19H24N4O2/c1-14(17-6-3-12-25-17)23(16-7-8-16)18(24)15-5-2-11-22(13-15)19-20-9-4-10-21-19/h3-4,6,9-10,12,14-16H,2,5,7-8,11,13H2,1H3/t14-,15-/m1/s1. The van der Waals surface area contributed by atoms with Crippen molar-refractivity contribution in [2.24, 2.45) is 5.92 Å². The van der Waals surface area contributed by atoms with Crippen molar-refractivity contribution in [3.63, 3.8) is 0 Å². The van der Waals surface area contributed by atoms with Gasteiger partial charge in [-0.25, -0.2) is 9.97 Å². The van der Waals surface area contributed by atoms with E-state index in [4.69, 9.17) is 4.42 Å². The van der Waals surface area contributed by atoms with Gasteiger partial charge >= 0.3 is 0 Å². The molecule has 1 saturated heterocycles. The summed E-state index contributed by atoms with van der Waals surface area (Å²) >= 11 is 0. The normalized spacial score (nSPS) is 21.8. The molecule has 6 nitrogen and oxygen atoms in total. The molecule has 0 spiro atoms. The monoisotopic (exact) mass is 340 g/mol. The Morgan fingerprint density at radius 1 is 1.28 bits per heavy atom. The molecule has 2 atom stereocenters. The maximum absolute atomic E-state index is 13.3. The Bertz CT molecular complexity index is 699. The summed E-state index contributed by atoms with van der Waals surface area (Å²) in [5.74, 6) is 1.82. The molecule has 0 unspecified atom stereocenters. The summed E-state index contributed by atoms with van der Waals surface area (Å²) in [5.41, 5.74) is 0. The molecule has 2 aromatic rings. The van der Waals surface area contributed by atoms with E-state index in [1.807, 2.05) is 18.2 Å². The van der Waals surface area contributed by atoms with E-state index in [2.05, 4.69) is 26.7 Å². The van der Waals surface area contributed by atoms with Crippen LogP contribution >= 0.6 is 0 Å². The summed E-state index contributed by atoms with van der Waals surface area (Å²) in [6.07, 6.45) is 9.28. The second kappa shape index (κ2) is 6.86. The van der Waals surface area contributed by atoms with Gasteiger partial charge < -0.3 is 14.2 Å². The van der Waals surface area contributed by atoms with Gasteiger partial charge in [0.2, 0.25) is 11.9 Å². The SMILES string of the molecule is C[C@H](c1ccco1)N(C(=O)[C@@H]1CCCN(c2ncccn2)C1)C1CC1. The maximum atomic E-state index is 13.3. The number of carbonyl (C=O) groups is 1. The Hall–Kier alpha value is -2.37.